The summed E-state index contributed by atoms with van der Waals surface area (Å²) in [6.45, 7) is 5.69. The van der Waals surface area contributed by atoms with Crippen LogP contribution in [-0.2, 0) is 11.3 Å². The Balaban J connectivity index is 1.55. The van der Waals surface area contributed by atoms with Crippen LogP contribution in [0.3, 0.4) is 0 Å². The van der Waals surface area contributed by atoms with Crippen molar-refractivity contribution in [2.45, 2.75) is 32.2 Å². The van der Waals surface area contributed by atoms with E-state index in [1.165, 1.54) is 17.8 Å². The Labute approximate surface area is 159 Å². The number of rotatable bonds is 5. The summed E-state index contributed by atoms with van der Waals surface area (Å²) < 4.78 is 18.5. The van der Waals surface area contributed by atoms with E-state index in [-0.39, 0.29) is 11.7 Å². The van der Waals surface area contributed by atoms with Crippen LogP contribution in [0.5, 0.6) is 0 Å². The summed E-state index contributed by atoms with van der Waals surface area (Å²) in [5.41, 5.74) is 5.05. The van der Waals surface area contributed by atoms with Crippen molar-refractivity contribution in [2.24, 2.45) is 0 Å². The van der Waals surface area contributed by atoms with Gasteiger partial charge in [-0.3, -0.25) is 4.79 Å². The highest BCUT2D eigenvalue weighted by molar-refractivity contribution is 5.98. The van der Waals surface area contributed by atoms with Crippen molar-refractivity contribution >= 4 is 11.6 Å². The fourth-order valence-electron chi connectivity index (χ4n) is 3.70. The Morgan fingerprint density at radius 1 is 1.19 bits per heavy atom. The molecule has 1 aliphatic heterocycles. The molecule has 0 spiro atoms. The SMILES string of the molecule is Cc1cc(N2CCOCC2)cc(C2CC2)c1C(=O)NCc1ccc(F)cc1. The van der Waals surface area contributed by atoms with Gasteiger partial charge in [-0.05, 0) is 66.6 Å². The van der Waals surface area contributed by atoms with Gasteiger partial charge < -0.3 is 15.0 Å². The van der Waals surface area contributed by atoms with E-state index in [1.54, 1.807) is 12.1 Å². The van der Waals surface area contributed by atoms with Gasteiger partial charge in [-0.25, -0.2) is 4.39 Å². The third-order valence-corrected chi connectivity index (χ3v) is 5.34. The second kappa shape index (κ2) is 7.69. The minimum absolute atomic E-state index is 0.0488. The molecule has 0 unspecified atom stereocenters. The van der Waals surface area contributed by atoms with Gasteiger partial charge in [0.25, 0.3) is 5.91 Å². The van der Waals surface area contributed by atoms with E-state index < -0.39 is 0 Å². The third-order valence-electron chi connectivity index (χ3n) is 5.34. The van der Waals surface area contributed by atoms with Crippen LogP contribution in [0.2, 0.25) is 0 Å². The standard InChI is InChI=1S/C22H25FN2O2/c1-15-12-19(25-8-10-27-11-9-25)13-20(17-4-5-17)21(15)22(26)24-14-16-2-6-18(23)7-3-16/h2-3,6-7,12-13,17H,4-5,8-11,14H2,1H3,(H,24,26). The van der Waals surface area contributed by atoms with Gasteiger partial charge in [-0.15, -0.1) is 0 Å². The molecule has 0 aromatic heterocycles. The second-order valence-corrected chi connectivity index (χ2v) is 7.41. The Morgan fingerprint density at radius 2 is 1.89 bits per heavy atom. The van der Waals surface area contributed by atoms with E-state index in [0.29, 0.717) is 12.5 Å². The van der Waals surface area contributed by atoms with Crippen molar-refractivity contribution in [3.8, 4) is 0 Å². The first-order valence-electron chi connectivity index (χ1n) is 9.61. The lowest BCUT2D eigenvalue weighted by molar-refractivity contribution is 0.0949. The summed E-state index contributed by atoms with van der Waals surface area (Å²) in [7, 11) is 0. The van der Waals surface area contributed by atoms with Gasteiger partial charge in [-0.1, -0.05) is 12.1 Å². The molecule has 0 atom stereocenters. The summed E-state index contributed by atoms with van der Waals surface area (Å²) in [5, 5.41) is 3.00. The topological polar surface area (TPSA) is 41.6 Å². The molecule has 5 heteroatoms. The van der Waals surface area contributed by atoms with Crippen LogP contribution in [0, 0.1) is 12.7 Å². The largest absolute Gasteiger partial charge is 0.378 e. The molecule has 27 heavy (non-hydrogen) atoms. The second-order valence-electron chi connectivity index (χ2n) is 7.41. The lowest BCUT2D eigenvalue weighted by atomic mass is 9.96. The fraction of sp³-hybridized carbons (Fsp3) is 0.409. The zero-order chi connectivity index (χ0) is 18.8. The molecule has 1 amide bonds. The summed E-state index contributed by atoms with van der Waals surface area (Å²) in [6, 6.07) is 10.5. The third kappa shape index (κ3) is 4.14. The summed E-state index contributed by atoms with van der Waals surface area (Å²) in [4.78, 5) is 15.3. The fourth-order valence-corrected chi connectivity index (χ4v) is 3.70. The Kier molecular flexibility index (Phi) is 5.12. The van der Waals surface area contributed by atoms with E-state index in [9.17, 15) is 9.18 Å². The molecule has 1 saturated heterocycles. The molecule has 0 radical (unpaired) electrons. The highest BCUT2D eigenvalue weighted by Crippen LogP contribution is 2.44. The number of nitrogens with zero attached hydrogens (tertiary/aromatic N) is 1. The van der Waals surface area contributed by atoms with Crippen LogP contribution < -0.4 is 10.2 Å². The van der Waals surface area contributed by atoms with E-state index in [2.05, 4.69) is 22.3 Å². The molecule has 4 rings (SSSR count). The van der Waals surface area contributed by atoms with Crippen molar-refractivity contribution in [2.75, 3.05) is 31.2 Å². The first-order chi connectivity index (χ1) is 13.1. The van der Waals surface area contributed by atoms with Crippen LogP contribution in [0.4, 0.5) is 10.1 Å². The van der Waals surface area contributed by atoms with Crippen molar-refractivity contribution in [3.63, 3.8) is 0 Å². The van der Waals surface area contributed by atoms with Gasteiger partial charge in [-0.2, -0.15) is 0 Å². The van der Waals surface area contributed by atoms with Gasteiger partial charge in [0.2, 0.25) is 0 Å². The van der Waals surface area contributed by atoms with Crippen molar-refractivity contribution in [1.29, 1.82) is 0 Å². The normalized spacial score (nSPS) is 17.0. The van der Waals surface area contributed by atoms with Crippen LogP contribution >= 0.6 is 0 Å². The molecule has 142 valence electrons. The van der Waals surface area contributed by atoms with Gasteiger partial charge in [0.05, 0.1) is 13.2 Å². The van der Waals surface area contributed by atoms with E-state index in [0.717, 1.165) is 61.4 Å². The summed E-state index contributed by atoms with van der Waals surface area (Å²) >= 11 is 0. The number of amides is 1. The molecule has 1 saturated carbocycles. The van der Waals surface area contributed by atoms with Crippen molar-refractivity contribution in [1.82, 2.24) is 5.32 Å². The quantitative estimate of drug-likeness (QED) is 0.873. The molecule has 2 aromatic carbocycles. The van der Waals surface area contributed by atoms with Crippen LogP contribution in [0.25, 0.3) is 0 Å². The zero-order valence-electron chi connectivity index (χ0n) is 15.6. The molecule has 1 aliphatic carbocycles. The average molecular weight is 368 g/mol. The van der Waals surface area contributed by atoms with E-state index in [4.69, 9.17) is 4.74 Å². The predicted octanol–water partition coefficient (Wildman–Crippen LogP) is 3.78. The van der Waals surface area contributed by atoms with Crippen molar-refractivity contribution < 1.29 is 13.9 Å². The number of benzene rings is 2. The minimum atomic E-state index is -0.268. The Hall–Kier alpha value is -2.40. The maximum Gasteiger partial charge on any atom is 0.252 e. The number of carbonyl (C=O) groups is 1. The number of hydrogen-bond donors (Lipinski definition) is 1. The Bertz CT molecular complexity index is 825. The molecular formula is C22H25FN2O2. The number of morpholine rings is 1. The van der Waals surface area contributed by atoms with Crippen LogP contribution in [0.15, 0.2) is 36.4 Å². The average Bonchev–Trinajstić information content (AvgIpc) is 3.52. The molecule has 0 bridgehead atoms. The van der Waals surface area contributed by atoms with Crippen molar-refractivity contribution in [3.05, 3.63) is 64.5 Å². The number of ether oxygens (including phenoxy) is 1. The lowest BCUT2D eigenvalue weighted by Crippen LogP contribution is -2.36. The first-order valence-corrected chi connectivity index (χ1v) is 9.61. The van der Waals surface area contributed by atoms with Crippen LogP contribution in [-0.4, -0.2) is 32.2 Å². The number of nitrogens with one attached hydrogen (secondary N) is 1. The maximum absolute atomic E-state index is 13.0. The van der Waals surface area contributed by atoms with E-state index in [1.807, 2.05) is 6.92 Å². The maximum atomic E-state index is 13.0. The molecule has 4 nitrogen and oxygen atoms in total. The first kappa shape index (κ1) is 18.0. The zero-order valence-corrected chi connectivity index (χ0v) is 15.6. The highest BCUT2D eigenvalue weighted by Gasteiger charge is 2.30. The van der Waals surface area contributed by atoms with E-state index >= 15 is 0 Å². The molecule has 2 aromatic rings. The molecular weight excluding hydrogens is 343 g/mol. The smallest absolute Gasteiger partial charge is 0.252 e. The summed E-state index contributed by atoms with van der Waals surface area (Å²) in [5.74, 6) is 0.166. The molecule has 1 N–H and O–H groups in total. The predicted molar refractivity (Wildman–Crippen MR) is 104 cm³/mol. The minimum Gasteiger partial charge on any atom is -0.378 e. The number of aryl methyl sites for hydroxylation is 1. The number of hydrogen-bond acceptors (Lipinski definition) is 3. The number of carbonyl (C=O) groups excluding carboxylic acids is 1. The number of halogens is 1. The lowest BCUT2D eigenvalue weighted by Gasteiger charge is -2.30. The van der Waals surface area contributed by atoms with Crippen LogP contribution in [0.1, 0.15) is 45.8 Å². The molecule has 2 aliphatic rings. The van der Waals surface area contributed by atoms with Gasteiger partial charge in [0.1, 0.15) is 5.82 Å². The highest BCUT2D eigenvalue weighted by atomic mass is 19.1. The van der Waals surface area contributed by atoms with Gasteiger partial charge in [0, 0.05) is 30.9 Å². The molecule has 1 heterocycles. The van der Waals surface area contributed by atoms with Gasteiger partial charge in [0.15, 0.2) is 0 Å². The monoisotopic (exact) mass is 368 g/mol. The molecule has 2 fully saturated rings. The Morgan fingerprint density at radius 3 is 2.56 bits per heavy atom. The summed E-state index contributed by atoms with van der Waals surface area (Å²) in [6.07, 6.45) is 2.29. The van der Waals surface area contributed by atoms with Gasteiger partial charge >= 0.3 is 0 Å². The number of anilines is 1.